The molecule has 0 saturated heterocycles. The lowest BCUT2D eigenvalue weighted by Gasteiger charge is -2.35. The van der Waals surface area contributed by atoms with Crippen molar-refractivity contribution in [3.8, 4) is 0 Å². The van der Waals surface area contributed by atoms with Crippen LogP contribution in [-0.4, -0.2) is 27.0 Å². The maximum absolute atomic E-state index is 11.3. The van der Waals surface area contributed by atoms with Gasteiger partial charge >= 0.3 is 11.9 Å². The summed E-state index contributed by atoms with van der Waals surface area (Å²) in [4.78, 5) is 22.4. The largest absolute Gasteiger partial charge is 0.481 e. The molecule has 0 heterocycles. The number of benzene rings is 1. The van der Waals surface area contributed by atoms with Gasteiger partial charge in [-0.2, -0.15) is 0 Å². The summed E-state index contributed by atoms with van der Waals surface area (Å²) in [6.45, 7) is 0. The molecule has 1 aromatic rings. The highest BCUT2D eigenvalue weighted by Crippen LogP contribution is 2.43. The summed E-state index contributed by atoms with van der Waals surface area (Å²) in [6, 6.07) is 9.64. The summed E-state index contributed by atoms with van der Waals surface area (Å²) in [5.41, 5.74) is 1.06. The van der Waals surface area contributed by atoms with Gasteiger partial charge in [0.05, 0.1) is 11.8 Å². The van der Waals surface area contributed by atoms with Crippen LogP contribution in [0.5, 0.6) is 0 Å². The molecule has 1 saturated carbocycles. The molecule has 0 bridgehead atoms. The lowest BCUT2D eigenvalue weighted by Crippen LogP contribution is -2.39. The van der Waals surface area contributed by atoms with Gasteiger partial charge in [0.1, 0.15) is 0 Å². The summed E-state index contributed by atoms with van der Waals surface area (Å²) in [5.74, 6) is -3.65. The molecule has 1 aliphatic rings. The molecule has 4 nitrogen and oxygen atoms in total. The molecule has 0 unspecified atom stereocenters. The Morgan fingerprint density at radius 3 is 2.05 bits per heavy atom. The number of aliphatic carboxylic acids is 2. The Morgan fingerprint density at radius 1 is 1.00 bits per heavy atom. The maximum atomic E-state index is 11.3. The molecule has 2 rings (SSSR count). The van der Waals surface area contributed by atoms with Gasteiger partial charge in [-0.15, -0.1) is 0 Å². The molecule has 0 aliphatic heterocycles. The Hall–Kier alpha value is -1.36. The fourth-order valence-electron chi connectivity index (χ4n) is 2.75. The van der Waals surface area contributed by atoms with E-state index in [4.69, 9.17) is 5.11 Å². The van der Waals surface area contributed by atoms with Gasteiger partial charge < -0.3 is 10.2 Å². The minimum atomic E-state index is -1.02. The third kappa shape index (κ3) is 2.97. The van der Waals surface area contributed by atoms with E-state index in [-0.39, 0.29) is 10.7 Å². The van der Waals surface area contributed by atoms with Crippen LogP contribution in [0.15, 0.2) is 30.3 Å². The first-order valence-electron chi connectivity index (χ1n) is 6.15. The van der Waals surface area contributed by atoms with Crippen LogP contribution < -0.4 is 0 Å². The number of rotatable bonds is 3. The van der Waals surface area contributed by atoms with E-state index in [1.165, 1.54) is 0 Å². The van der Waals surface area contributed by atoms with E-state index in [0.29, 0.717) is 12.8 Å². The summed E-state index contributed by atoms with van der Waals surface area (Å²) in [5, 5.41) is 18.4. The van der Waals surface area contributed by atoms with Crippen molar-refractivity contribution >= 4 is 27.9 Å². The van der Waals surface area contributed by atoms with E-state index in [9.17, 15) is 14.7 Å². The van der Waals surface area contributed by atoms with Crippen LogP contribution in [0, 0.1) is 11.8 Å². The normalized spacial score (nSPS) is 30.8. The Balaban J connectivity index is 2.25. The van der Waals surface area contributed by atoms with Crippen LogP contribution in [0.3, 0.4) is 0 Å². The Labute approximate surface area is 119 Å². The summed E-state index contributed by atoms with van der Waals surface area (Å²) >= 11 is 3.52. The van der Waals surface area contributed by atoms with E-state index in [1.54, 1.807) is 0 Å². The molecule has 1 aliphatic carbocycles. The second-order valence-corrected chi connectivity index (χ2v) is 6.07. The first-order chi connectivity index (χ1) is 9.00. The number of carbonyl (C=O) groups is 2. The van der Waals surface area contributed by atoms with Gasteiger partial charge in [-0.05, 0) is 24.3 Å². The smallest absolute Gasteiger partial charge is 0.307 e. The average molecular weight is 327 g/mol. The quantitative estimate of drug-likeness (QED) is 0.837. The minimum Gasteiger partial charge on any atom is -0.481 e. The first-order valence-corrected chi connectivity index (χ1v) is 7.07. The van der Waals surface area contributed by atoms with E-state index >= 15 is 0 Å². The average Bonchev–Trinajstić information content (AvgIpc) is 2.39. The zero-order chi connectivity index (χ0) is 14.0. The topological polar surface area (TPSA) is 74.6 Å². The molecule has 2 N–H and O–H groups in total. The summed E-state index contributed by atoms with van der Waals surface area (Å²) in [6.07, 6.45) is 0.693. The van der Waals surface area contributed by atoms with E-state index < -0.39 is 23.8 Å². The number of carboxylic acids is 2. The van der Waals surface area contributed by atoms with E-state index in [1.807, 2.05) is 30.3 Å². The molecule has 1 fully saturated rings. The third-order valence-electron chi connectivity index (χ3n) is 3.77. The Kier molecular flexibility index (Phi) is 4.24. The maximum Gasteiger partial charge on any atom is 0.307 e. The molecular formula is C14H15BrO4. The van der Waals surface area contributed by atoms with E-state index in [2.05, 4.69) is 15.9 Å². The molecule has 102 valence electrons. The Morgan fingerprint density at radius 2 is 1.53 bits per heavy atom. The van der Waals surface area contributed by atoms with Crippen molar-refractivity contribution in [2.75, 3.05) is 0 Å². The molecule has 0 spiro atoms. The third-order valence-corrected chi connectivity index (χ3v) is 4.78. The fourth-order valence-corrected chi connectivity index (χ4v) is 3.67. The van der Waals surface area contributed by atoms with Crippen molar-refractivity contribution in [1.29, 1.82) is 0 Å². The van der Waals surface area contributed by atoms with E-state index in [0.717, 1.165) is 5.56 Å². The molecule has 1 aromatic carbocycles. The number of halogens is 1. The van der Waals surface area contributed by atoms with Gasteiger partial charge in [-0.1, -0.05) is 46.3 Å². The second-order valence-electron chi connectivity index (χ2n) is 4.89. The first kappa shape index (κ1) is 14.1. The number of alkyl halides is 1. The standard InChI is InChI=1S/C14H15BrO4/c15-12-7-11(14(18)19)10(13(16)17)6-9(12)8-4-2-1-3-5-8/h1-5,9-12H,6-7H2,(H,16,17)(H,18,19)/t9-,10-,11-,12+/m1/s1. The van der Waals surface area contributed by atoms with Gasteiger partial charge in [0.2, 0.25) is 0 Å². The zero-order valence-corrected chi connectivity index (χ0v) is 11.8. The highest BCUT2D eigenvalue weighted by Gasteiger charge is 2.43. The van der Waals surface area contributed by atoms with Crippen molar-refractivity contribution in [3.63, 3.8) is 0 Å². The van der Waals surface area contributed by atoms with Gasteiger partial charge in [0.25, 0.3) is 0 Å². The predicted octanol–water partition coefficient (Wildman–Crippen LogP) is 2.73. The number of carboxylic acid groups (broad SMARTS) is 2. The van der Waals surface area contributed by atoms with Crippen LogP contribution in [0.25, 0.3) is 0 Å². The van der Waals surface area contributed by atoms with Crippen LogP contribution in [0.2, 0.25) is 0 Å². The predicted molar refractivity (Wildman–Crippen MR) is 73.4 cm³/mol. The molecule has 4 atom stereocenters. The SMILES string of the molecule is O=C(O)[C@@H]1C[C@H](c2ccccc2)[C@@H](Br)C[C@H]1C(=O)O. The van der Waals surface area contributed by atoms with Crippen molar-refractivity contribution in [2.24, 2.45) is 11.8 Å². The van der Waals surface area contributed by atoms with Crippen LogP contribution >= 0.6 is 15.9 Å². The zero-order valence-electron chi connectivity index (χ0n) is 10.2. The van der Waals surface area contributed by atoms with Crippen molar-refractivity contribution in [3.05, 3.63) is 35.9 Å². The summed E-state index contributed by atoms with van der Waals surface area (Å²) < 4.78 is 0. The monoisotopic (exact) mass is 326 g/mol. The van der Waals surface area contributed by atoms with Crippen LogP contribution in [0.4, 0.5) is 0 Å². The lowest BCUT2D eigenvalue weighted by atomic mass is 9.72. The molecule has 0 radical (unpaired) electrons. The summed E-state index contributed by atoms with van der Waals surface area (Å²) in [7, 11) is 0. The minimum absolute atomic E-state index is 0.00778. The van der Waals surface area contributed by atoms with Crippen LogP contribution in [-0.2, 0) is 9.59 Å². The highest BCUT2D eigenvalue weighted by molar-refractivity contribution is 9.09. The van der Waals surface area contributed by atoms with Crippen molar-refractivity contribution in [2.45, 2.75) is 23.6 Å². The van der Waals surface area contributed by atoms with Crippen molar-refractivity contribution < 1.29 is 19.8 Å². The van der Waals surface area contributed by atoms with Crippen LogP contribution in [0.1, 0.15) is 24.3 Å². The molecular weight excluding hydrogens is 312 g/mol. The molecule has 0 aromatic heterocycles. The molecule has 5 heteroatoms. The molecule has 0 amide bonds. The number of hydrogen-bond donors (Lipinski definition) is 2. The number of hydrogen-bond acceptors (Lipinski definition) is 2. The fraction of sp³-hybridized carbons (Fsp3) is 0.429. The van der Waals surface area contributed by atoms with Crippen molar-refractivity contribution in [1.82, 2.24) is 0 Å². The Bertz CT molecular complexity index is 474. The highest BCUT2D eigenvalue weighted by atomic mass is 79.9. The van der Waals surface area contributed by atoms with Gasteiger partial charge in [-0.25, -0.2) is 0 Å². The van der Waals surface area contributed by atoms with Gasteiger partial charge in [-0.3, -0.25) is 9.59 Å². The molecule has 19 heavy (non-hydrogen) atoms. The van der Waals surface area contributed by atoms with Gasteiger partial charge in [0.15, 0.2) is 0 Å². The lowest BCUT2D eigenvalue weighted by molar-refractivity contribution is -0.155. The second kappa shape index (κ2) is 5.74. The van der Waals surface area contributed by atoms with Gasteiger partial charge in [0, 0.05) is 4.83 Å².